The molecule has 0 aliphatic carbocycles. The fourth-order valence-electron chi connectivity index (χ4n) is 6.51. The first-order valence-corrected chi connectivity index (χ1v) is 18.9. The molecule has 3 aromatic carbocycles. The number of carbonyl (C=O) groups is 2. The van der Waals surface area contributed by atoms with E-state index in [1.165, 1.54) is 0 Å². The van der Waals surface area contributed by atoms with Crippen molar-refractivity contribution in [3.8, 4) is 5.75 Å². The number of aryl methyl sites for hydroxylation is 1. The van der Waals surface area contributed by atoms with Gasteiger partial charge in [-0.2, -0.15) is 4.72 Å². The zero-order valence-corrected chi connectivity index (χ0v) is 29.9. The number of sulfonamides is 1. The van der Waals surface area contributed by atoms with Gasteiger partial charge in [-0.3, -0.25) is 9.59 Å². The van der Waals surface area contributed by atoms with E-state index in [1.807, 2.05) is 98.8 Å². The first kappa shape index (κ1) is 38.0. The minimum Gasteiger partial charge on any atom is -0.497 e. The van der Waals surface area contributed by atoms with E-state index in [2.05, 4.69) is 15.4 Å². The molecule has 49 heavy (non-hydrogen) atoms. The summed E-state index contributed by atoms with van der Waals surface area (Å²) in [6.07, 6.45) is 1.14. The fourth-order valence-corrected chi connectivity index (χ4v) is 7.60. The Kier molecular flexibility index (Phi) is 13.8. The van der Waals surface area contributed by atoms with E-state index in [9.17, 15) is 23.1 Å². The minimum absolute atomic E-state index is 0.151. The van der Waals surface area contributed by atoms with Crippen LogP contribution in [0.4, 0.5) is 0 Å². The van der Waals surface area contributed by atoms with Gasteiger partial charge in [0, 0.05) is 19.6 Å². The number of hydrogen-bond acceptors (Lipinski definition) is 7. The molecule has 1 fully saturated rings. The molecule has 4 N–H and O–H groups in total. The highest BCUT2D eigenvalue weighted by molar-refractivity contribution is 7.89. The Labute approximate surface area is 291 Å². The van der Waals surface area contributed by atoms with Crippen LogP contribution < -0.4 is 20.1 Å². The van der Waals surface area contributed by atoms with Crippen LogP contribution in [0.25, 0.3) is 0 Å². The van der Waals surface area contributed by atoms with Crippen molar-refractivity contribution in [3.05, 3.63) is 102 Å². The Balaban J connectivity index is 1.59. The number of aliphatic hydroxyl groups excluding tert-OH is 1. The van der Waals surface area contributed by atoms with Gasteiger partial charge in [0.05, 0.1) is 25.0 Å². The van der Waals surface area contributed by atoms with Crippen molar-refractivity contribution in [2.75, 3.05) is 26.0 Å². The molecule has 3 aromatic rings. The van der Waals surface area contributed by atoms with Crippen LogP contribution in [0, 0.1) is 5.92 Å². The molecule has 1 heterocycles. The number of carbonyl (C=O) groups excluding carboxylic acids is 2. The van der Waals surface area contributed by atoms with Gasteiger partial charge >= 0.3 is 0 Å². The number of rotatable bonds is 19. The second-order valence-corrected chi connectivity index (χ2v) is 14.9. The summed E-state index contributed by atoms with van der Waals surface area (Å²) >= 11 is 0. The number of benzene rings is 3. The highest BCUT2D eigenvalue weighted by Crippen LogP contribution is 2.35. The third-order valence-electron chi connectivity index (χ3n) is 9.70. The maximum absolute atomic E-state index is 14.4. The molecule has 2 unspecified atom stereocenters. The minimum atomic E-state index is -3.72. The summed E-state index contributed by atoms with van der Waals surface area (Å²) in [6.45, 7) is 6.29. The number of aliphatic hydroxyl groups is 1. The third-order valence-corrected chi connectivity index (χ3v) is 11.1. The number of ether oxygens (including phenoxy) is 1. The van der Waals surface area contributed by atoms with Crippen LogP contribution in [0.2, 0.25) is 0 Å². The number of methoxy groups -OCH3 is 1. The van der Waals surface area contributed by atoms with Gasteiger partial charge in [0.15, 0.2) is 0 Å². The summed E-state index contributed by atoms with van der Waals surface area (Å²) in [5, 5.41) is 17.9. The van der Waals surface area contributed by atoms with Gasteiger partial charge in [-0.15, -0.1) is 0 Å². The second-order valence-electron chi connectivity index (χ2n) is 12.9. The topological polar surface area (TPSA) is 137 Å². The number of likely N-dealkylation sites (tertiary alicyclic amines) is 1. The Morgan fingerprint density at radius 1 is 0.980 bits per heavy atom. The van der Waals surface area contributed by atoms with Gasteiger partial charge in [0.1, 0.15) is 17.3 Å². The van der Waals surface area contributed by atoms with Crippen LogP contribution in [0.1, 0.15) is 56.7 Å². The molecule has 11 heteroatoms. The average molecular weight is 693 g/mol. The smallest absolute Gasteiger partial charge is 0.244 e. The quantitative estimate of drug-likeness (QED) is 0.150. The molecule has 0 bridgehead atoms. The summed E-state index contributed by atoms with van der Waals surface area (Å²) in [5.74, 6) is -0.455. The second kappa shape index (κ2) is 17.8. The Hall–Kier alpha value is -3.77. The number of nitrogens with zero attached hydrogens (tertiary/aromatic N) is 1. The van der Waals surface area contributed by atoms with E-state index in [1.54, 1.807) is 18.9 Å². The van der Waals surface area contributed by atoms with Crippen molar-refractivity contribution in [1.82, 2.24) is 20.3 Å². The summed E-state index contributed by atoms with van der Waals surface area (Å²) in [4.78, 5) is 30.3. The molecule has 5 atom stereocenters. The van der Waals surface area contributed by atoms with Gasteiger partial charge in [-0.05, 0) is 67.3 Å². The highest BCUT2D eigenvalue weighted by Gasteiger charge is 2.54. The maximum atomic E-state index is 14.4. The molecule has 2 amide bonds. The fraction of sp³-hybridized carbons (Fsp3) is 0.474. The molecule has 1 aliphatic rings. The lowest BCUT2D eigenvalue weighted by Crippen LogP contribution is -2.61. The van der Waals surface area contributed by atoms with E-state index in [0.29, 0.717) is 32.2 Å². The van der Waals surface area contributed by atoms with Crippen LogP contribution >= 0.6 is 0 Å². The number of amides is 2. The summed E-state index contributed by atoms with van der Waals surface area (Å²) < 4.78 is 33.8. The van der Waals surface area contributed by atoms with Crippen LogP contribution in [-0.2, 0) is 39.0 Å². The van der Waals surface area contributed by atoms with Crippen molar-refractivity contribution in [2.24, 2.45) is 5.92 Å². The normalized spacial score (nSPS) is 18.9. The van der Waals surface area contributed by atoms with Gasteiger partial charge in [0.25, 0.3) is 0 Å². The predicted molar refractivity (Wildman–Crippen MR) is 192 cm³/mol. The largest absolute Gasteiger partial charge is 0.497 e. The molecular formula is C38H52N4O6S. The van der Waals surface area contributed by atoms with E-state index < -0.39 is 33.7 Å². The highest BCUT2D eigenvalue weighted by atomic mass is 32.2. The monoisotopic (exact) mass is 692 g/mol. The zero-order valence-electron chi connectivity index (χ0n) is 29.1. The standard InChI is InChI=1S/C38H52N4O6S/c1-5-28(3)38(41-49(46,47)6-2)22-23-42(37(38)45)34(21-20-29-14-9-7-10-15-29)36(44)40-33(25-30-16-11-8-12-17-30)35(43)27-39-26-31-18-13-19-32(24-31)48-4/h7-19,24,28,33-35,39,41,43H,5-6,20-23,25-27H2,1-4H3,(H,40,44)/t28?,33-,34-,35?,38-/m0/s1. The van der Waals surface area contributed by atoms with E-state index in [-0.39, 0.29) is 43.0 Å². The lowest BCUT2D eigenvalue weighted by atomic mass is 9.83. The van der Waals surface area contributed by atoms with Gasteiger partial charge in [0.2, 0.25) is 21.8 Å². The number of nitrogens with one attached hydrogen (secondary N) is 3. The van der Waals surface area contributed by atoms with Crippen molar-refractivity contribution in [3.63, 3.8) is 0 Å². The van der Waals surface area contributed by atoms with Gasteiger partial charge in [-0.1, -0.05) is 93.1 Å². The summed E-state index contributed by atoms with van der Waals surface area (Å²) in [6, 6.07) is 25.5. The molecule has 1 saturated heterocycles. The van der Waals surface area contributed by atoms with Crippen LogP contribution in [0.5, 0.6) is 5.75 Å². The van der Waals surface area contributed by atoms with Crippen molar-refractivity contribution < 1.29 is 27.9 Å². The number of hydrogen-bond donors (Lipinski definition) is 4. The molecule has 0 aromatic heterocycles. The van der Waals surface area contributed by atoms with Crippen LogP contribution in [-0.4, -0.2) is 79.9 Å². The first-order chi connectivity index (χ1) is 23.5. The molecular weight excluding hydrogens is 641 g/mol. The van der Waals surface area contributed by atoms with Crippen molar-refractivity contribution in [2.45, 2.75) is 83.1 Å². The van der Waals surface area contributed by atoms with E-state index in [4.69, 9.17) is 4.74 Å². The van der Waals surface area contributed by atoms with Crippen LogP contribution in [0.15, 0.2) is 84.9 Å². The van der Waals surface area contributed by atoms with Crippen LogP contribution in [0.3, 0.4) is 0 Å². The third kappa shape index (κ3) is 10.1. The molecule has 0 saturated carbocycles. The molecule has 0 radical (unpaired) electrons. The molecule has 1 aliphatic heterocycles. The summed E-state index contributed by atoms with van der Waals surface area (Å²) in [5.41, 5.74) is 1.63. The maximum Gasteiger partial charge on any atom is 0.244 e. The molecule has 266 valence electrons. The predicted octanol–water partition coefficient (Wildman–Crippen LogP) is 3.83. The molecule has 10 nitrogen and oxygen atoms in total. The zero-order chi connectivity index (χ0) is 35.4. The average Bonchev–Trinajstić information content (AvgIpc) is 3.43. The van der Waals surface area contributed by atoms with Gasteiger partial charge < -0.3 is 25.4 Å². The van der Waals surface area contributed by atoms with E-state index in [0.717, 1.165) is 22.4 Å². The molecule has 0 spiro atoms. The van der Waals surface area contributed by atoms with Crippen molar-refractivity contribution in [1.29, 1.82) is 0 Å². The SMILES string of the molecule is CCC(C)[C@@]1(NS(=O)(=O)CC)CCN([C@@H](CCc2ccccc2)C(=O)N[C@@H](Cc2ccccc2)C(O)CNCc2cccc(OC)c2)C1=O. The molecule has 4 rings (SSSR count). The summed E-state index contributed by atoms with van der Waals surface area (Å²) in [7, 11) is -2.10. The van der Waals surface area contributed by atoms with E-state index >= 15 is 0 Å². The van der Waals surface area contributed by atoms with Gasteiger partial charge in [-0.25, -0.2) is 8.42 Å². The first-order valence-electron chi connectivity index (χ1n) is 17.2. The van der Waals surface area contributed by atoms with Crippen molar-refractivity contribution >= 4 is 21.8 Å². The Bertz CT molecular complexity index is 1610. The lowest BCUT2D eigenvalue weighted by Gasteiger charge is -2.36. The Morgan fingerprint density at radius 3 is 2.27 bits per heavy atom. The Morgan fingerprint density at radius 2 is 1.63 bits per heavy atom. The lowest BCUT2D eigenvalue weighted by molar-refractivity contribution is -0.142.